The zero-order valence-corrected chi connectivity index (χ0v) is 18.3. The zero-order chi connectivity index (χ0) is 19.9. The lowest BCUT2D eigenvalue weighted by Crippen LogP contribution is -2.45. The minimum Gasteiger partial charge on any atom is -0.372 e. The number of aryl methyl sites for hydroxylation is 1. The highest BCUT2D eigenvalue weighted by atomic mass is 32.2. The smallest absolute Gasteiger partial charge is 0.152 e. The van der Waals surface area contributed by atoms with Crippen LogP contribution in [-0.2, 0) is 21.0 Å². The summed E-state index contributed by atoms with van der Waals surface area (Å²) in [5.41, 5.74) is 2.67. The third kappa shape index (κ3) is 7.46. The maximum Gasteiger partial charge on any atom is 0.152 e. The average Bonchev–Trinajstić information content (AvgIpc) is 2.60. The molecule has 0 aromatic heterocycles. The Bertz CT molecular complexity index is 645. The number of nitrogens with zero attached hydrogens (tertiary/aromatic N) is 1. The van der Waals surface area contributed by atoms with E-state index in [9.17, 15) is 8.42 Å². The predicted molar refractivity (Wildman–Crippen MR) is 114 cm³/mol. The van der Waals surface area contributed by atoms with Gasteiger partial charge in [0.05, 0.1) is 23.2 Å². The highest BCUT2D eigenvalue weighted by molar-refractivity contribution is 7.91. The first-order valence-electron chi connectivity index (χ1n) is 10.5. The first-order valence-corrected chi connectivity index (χ1v) is 12.2. The van der Waals surface area contributed by atoms with Crippen molar-refractivity contribution in [2.75, 3.05) is 23.7 Å². The molecule has 0 aliphatic carbocycles. The SMILES string of the molecule is CC(C)S(=O)(=O)CCCCCCCc1ccc(N2C[C@@H](C)O[C@H](C)C2)cc1. The maximum atomic E-state index is 11.8. The van der Waals surface area contributed by atoms with Crippen molar-refractivity contribution in [2.24, 2.45) is 0 Å². The summed E-state index contributed by atoms with van der Waals surface area (Å²) in [6.45, 7) is 9.71. The molecule has 0 radical (unpaired) electrons. The number of ether oxygens (including phenoxy) is 1. The van der Waals surface area contributed by atoms with Crippen LogP contribution in [0.2, 0.25) is 0 Å². The maximum absolute atomic E-state index is 11.8. The Kier molecular flexibility index (Phi) is 8.62. The van der Waals surface area contributed by atoms with Gasteiger partial charge in [0.2, 0.25) is 0 Å². The second-order valence-electron chi connectivity index (χ2n) is 8.26. The Hall–Kier alpha value is -1.07. The summed E-state index contributed by atoms with van der Waals surface area (Å²) in [7, 11) is -2.87. The van der Waals surface area contributed by atoms with E-state index < -0.39 is 9.84 Å². The van der Waals surface area contributed by atoms with Gasteiger partial charge in [0.25, 0.3) is 0 Å². The lowest BCUT2D eigenvalue weighted by molar-refractivity contribution is -0.00521. The number of anilines is 1. The van der Waals surface area contributed by atoms with Gasteiger partial charge in [-0.15, -0.1) is 0 Å². The van der Waals surface area contributed by atoms with E-state index in [0.717, 1.165) is 38.8 Å². The molecule has 1 aliphatic rings. The lowest BCUT2D eigenvalue weighted by atomic mass is 10.0. The van der Waals surface area contributed by atoms with Gasteiger partial charge in [-0.05, 0) is 64.7 Å². The van der Waals surface area contributed by atoms with E-state index in [1.807, 2.05) is 0 Å². The number of sulfone groups is 1. The van der Waals surface area contributed by atoms with Gasteiger partial charge in [-0.2, -0.15) is 0 Å². The summed E-state index contributed by atoms with van der Waals surface area (Å²) in [4.78, 5) is 2.41. The molecule has 2 rings (SSSR count). The third-order valence-electron chi connectivity index (χ3n) is 5.33. The summed E-state index contributed by atoms with van der Waals surface area (Å²) >= 11 is 0. The highest BCUT2D eigenvalue weighted by Gasteiger charge is 2.22. The average molecular weight is 396 g/mol. The number of hydrogen-bond acceptors (Lipinski definition) is 4. The van der Waals surface area contributed by atoms with Gasteiger partial charge in [-0.25, -0.2) is 8.42 Å². The molecule has 0 saturated carbocycles. The van der Waals surface area contributed by atoms with Crippen molar-refractivity contribution in [1.29, 1.82) is 0 Å². The molecule has 1 fully saturated rings. The Labute approximate surface area is 166 Å². The molecular weight excluding hydrogens is 358 g/mol. The van der Waals surface area contributed by atoms with Crippen LogP contribution in [0.15, 0.2) is 24.3 Å². The molecule has 0 unspecified atom stereocenters. The van der Waals surface area contributed by atoms with Gasteiger partial charge >= 0.3 is 0 Å². The van der Waals surface area contributed by atoms with Crippen molar-refractivity contribution in [3.8, 4) is 0 Å². The highest BCUT2D eigenvalue weighted by Crippen LogP contribution is 2.21. The van der Waals surface area contributed by atoms with Crippen LogP contribution >= 0.6 is 0 Å². The minimum absolute atomic E-state index is 0.246. The van der Waals surface area contributed by atoms with E-state index in [4.69, 9.17) is 4.74 Å². The predicted octanol–water partition coefficient (Wildman–Crippen LogP) is 4.62. The summed E-state index contributed by atoms with van der Waals surface area (Å²) in [6.07, 6.45) is 6.93. The molecule has 154 valence electrons. The molecule has 1 heterocycles. The Morgan fingerprint density at radius 2 is 1.52 bits per heavy atom. The van der Waals surface area contributed by atoms with Gasteiger partial charge in [0.15, 0.2) is 9.84 Å². The molecule has 0 N–H and O–H groups in total. The van der Waals surface area contributed by atoms with E-state index in [0.29, 0.717) is 5.75 Å². The Morgan fingerprint density at radius 3 is 2.11 bits per heavy atom. The van der Waals surface area contributed by atoms with Crippen molar-refractivity contribution >= 4 is 15.5 Å². The Balaban J connectivity index is 1.64. The van der Waals surface area contributed by atoms with Crippen LogP contribution < -0.4 is 4.90 Å². The molecule has 1 saturated heterocycles. The van der Waals surface area contributed by atoms with Crippen molar-refractivity contribution in [3.05, 3.63) is 29.8 Å². The second-order valence-corrected chi connectivity index (χ2v) is 10.9. The number of benzene rings is 1. The van der Waals surface area contributed by atoms with E-state index in [-0.39, 0.29) is 17.5 Å². The van der Waals surface area contributed by atoms with Gasteiger partial charge in [-0.3, -0.25) is 0 Å². The third-order valence-corrected chi connectivity index (χ3v) is 7.63. The molecule has 4 nitrogen and oxygen atoms in total. The number of rotatable bonds is 10. The van der Waals surface area contributed by atoms with Gasteiger partial charge in [-0.1, -0.05) is 31.4 Å². The van der Waals surface area contributed by atoms with Crippen LogP contribution in [0.25, 0.3) is 0 Å². The quantitative estimate of drug-likeness (QED) is 0.543. The van der Waals surface area contributed by atoms with Crippen LogP contribution in [-0.4, -0.2) is 44.7 Å². The minimum atomic E-state index is -2.87. The largest absolute Gasteiger partial charge is 0.372 e. The van der Waals surface area contributed by atoms with Gasteiger partial charge in [0, 0.05) is 18.8 Å². The first kappa shape index (κ1) is 22.2. The molecule has 0 amide bonds. The molecule has 0 bridgehead atoms. The van der Waals surface area contributed by atoms with Crippen molar-refractivity contribution < 1.29 is 13.2 Å². The summed E-state index contributed by atoms with van der Waals surface area (Å²) in [5, 5.41) is -0.246. The fraction of sp³-hybridized carbons (Fsp3) is 0.727. The van der Waals surface area contributed by atoms with Crippen molar-refractivity contribution in [3.63, 3.8) is 0 Å². The van der Waals surface area contributed by atoms with E-state index in [2.05, 4.69) is 43.0 Å². The molecule has 2 atom stereocenters. The van der Waals surface area contributed by atoms with Crippen molar-refractivity contribution in [2.45, 2.75) is 83.7 Å². The zero-order valence-electron chi connectivity index (χ0n) is 17.5. The monoisotopic (exact) mass is 395 g/mol. The fourth-order valence-electron chi connectivity index (χ4n) is 3.66. The van der Waals surface area contributed by atoms with Crippen LogP contribution in [0.5, 0.6) is 0 Å². The molecule has 27 heavy (non-hydrogen) atoms. The fourth-order valence-corrected chi connectivity index (χ4v) is 4.74. The summed E-state index contributed by atoms with van der Waals surface area (Å²) in [6, 6.07) is 8.96. The lowest BCUT2D eigenvalue weighted by Gasteiger charge is -2.36. The van der Waals surface area contributed by atoms with Gasteiger partial charge in [0.1, 0.15) is 0 Å². The summed E-state index contributed by atoms with van der Waals surface area (Å²) in [5.74, 6) is 0.338. The number of hydrogen-bond donors (Lipinski definition) is 0. The normalized spacial score (nSPS) is 21.0. The second kappa shape index (κ2) is 10.5. The van der Waals surface area contributed by atoms with Crippen LogP contribution in [0, 0.1) is 0 Å². The number of morpholine rings is 1. The molecule has 5 heteroatoms. The van der Waals surface area contributed by atoms with Crippen LogP contribution in [0.4, 0.5) is 5.69 Å². The Morgan fingerprint density at radius 1 is 0.963 bits per heavy atom. The molecule has 1 aromatic carbocycles. The molecule has 0 spiro atoms. The van der Waals surface area contributed by atoms with E-state index in [1.165, 1.54) is 24.1 Å². The topological polar surface area (TPSA) is 46.6 Å². The standard InChI is InChI=1S/C22H37NO3S/c1-18(2)27(24,25)15-9-7-5-6-8-10-21-11-13-22(14-12-21)23-16-19(3)26-20(4)17-23/h11-14,18-20H,5-10,15-17H2,1-4H3/t19-,20-/m1/s1. The van der Waals surface area contributed by atoms with E-state index in [1.54, 1.807) is 13.8 Å². The van der Waals surface area contributed by atoms with E-state index >= 15 is 0 Å². The molecule has 1 aliphatic heterocycles. The van der Waals surface area contributed by atoms with Crippen molar-refractivity contribution in [1.82, 2.24) is 0 Å². The number of unbranched alkanes of at least 4 members (excludes halogenated alkanes) is 4. The van der Waals surface area contributed by atoms with Gasteiger partial charge < -0.3 is 9.64 Å². The first-order chi connectivity index (χ1) is 12.8. The summed E-state index contributed by atoms with van der Waals surface area (Å²) < 4.78 is 29.4. The molecular formula is C22H37NO3S. The van der Waals surface area contributed by atoms with Crippen LogP contribution in [0.3, 0.4) is 0 Å². The molecule has 1 aromatic rings. The van der Waals surface area contributed by atoms with Crippen LogP contribution in [0.1, 0.15) is 65.4 Å².